The molecule has 0 unspecified atom stereocenters. The summed E-state index contributed by atoms with van der Waals surface area (Å²) < 4.78 is 7.13. The van der Waals surface area contributed by atoms with Gasteiger partial charge >= 0.3 is 0 Å². The van der Waals surface area contributed by atoms with Gasteiger partial charge in [-0.15, -0.1) is 16.4 Å². The summed E-state index contributed by atoms with van der Waals surface area (Å²) in [5, 5.41) is 6.16. The molecule has 0 fully saturated rings. The second-order valence-electron chi connectivity index (χ2n) is 3.24. The largest absolute Gasteiger partial charge is 0.475 e. The fourth-order valence-corrected chi connectivity index (χ4v) is 1.99. The van der Waals surface area contributed by atoms with Crippen molar-refractivity contribution in [3.63, 3.8) is 0 Å². The number of nitrogens with two attached hydrogens (primary N) is 1. The number of aromatic nitrogens is 2. The van der Waals surface area contributed by atoms with Crippen molar-refractivity contribution in [1.29, 1.82) is 0 Å². The Bertz CT molecular complexity index is 422. The zero-order valence-electron chi connectivity index (χ0n) is 8.51. The average Bonchev–Trinajstić information content (AvgIpc) is 2.77. The van der Waals surface area contributed by atoms with Crippen LogP contribution in [0.4, 0.5) is 5.69 Å². The van der Waals surface area contributed by atoms with Gasteiger partial charge in [0.2, 0.25) is 0 Å². The first-order valence-corrected chi connectivity index (χ1v) is 5.58. The van der Waals surface area contributed by atoms with Crippen molar-refractivity contribution in [2.45, 2.75) is 6.42 Å². The smallest absolute Gasteiger partial charge is 0.256 e. The maximum absolute atomic E-state index is 5.70. The Kier molecular flexibility index (Phi) is 2.91. The van der Waals surface area contributed by atoms with E-state index in [4.69, 9.17) is 10.5 Å². The first-order valence-electron chi connectivity index (χ1n) is 4.70. The van der Waals surface area contributed by atoms with Gasteiger partial charge in [0.25, 0.3) is 5.88 Å². The van der Waals surface area contributed by atoms with E-state index >= 15 is 0 Å². The molecule has 80 valence electrons. The van der Waals surface area contributed by atoms with Crippen LogP contribution in [-0.4, -0.2) is 16.4 Å². The minimum Gasteiger partial charge on any atom is -0.475 e. The van der Waals surface area contributed by atoms with E-state index in [1.165, 1.54) is 4.88 Å². The molecule has 0 aliphatic heterocycles. The van der Waals surface area contributed by atoms with Gasteiger partial charge < -0.3 is 10.5 Å². The average molecular weight is 223 g/mol. The Balaban J connectivity index is 1.86. The maximum Gasteiger partial charge on any atom is 0.256 e. The summed E-state index contributed by atoms with van der Waals surface area (Å²) in [5.74, 6) is 0.522. The number of anilines is 1. The molecule has 0 saturated heterocycles. The van der Waals surface area contributed by atoms with Crippen LogP contribution in [0.1, 0.15) is 4.88 Å². The van der Waals surface area contributed by atoms with Crippen LogP contribution in [0.2, 0.25) is 0 Å². The summed E-state index contributed by atoms with van der Waals surface area (Å²) in [4.78, 5) is 1.31. The fourth-order valence-electron chi connectivity index (χ4n) is 1.30. The Morgan fingerprint density at radius 3 is 3.07 bits per heavy atom. The Morgan fingerprint density at radius 2 is 2.47 bits per heavy atom. The first kappa shape index (κ1) is 10.0. The summed E-state index contributed by atoms with van der Waals surface area (Å²) in [6.07, 6.45) is 2.63. The number of rotatable bonds is 4. The molecule has 2 N–H and O–H groups in total. The molecular weight excluding hydrogens is 210 g/mol. The van der Waals surface area contributed by atoms with Crippen molar-refractivity contribution in [3.05, 3.63) is 28.6 Å². The summed E-state index contributed by atoms with van der Waals surface area (Å²) in [5.41, 5.74) is 6.28. The molecule has 0 radical (unpaired) electrons. The lowest BCUT2D eigenvalue weighted by molar-refractivity contribution is 0.308. The van der Waals surface area contributed by atoms with Crippen LogP contribution >= 0.6 is 11.3 Å². The van der Waals surface area contributed by atoms with E-state index in [1.54, 1.807) is 22.2 Å². The lowest BCUT2D eigenvalue weighted by atomic mass is 10.4. The third kappa shape index (κ3) is 2.50. The van der Waals surface area contributed by atoms with E-state index in [2.05, 4.69) is 16.5 Å². The van der Waals surface area contributed by atoms with Gasteiger partial charge in [-0.05, 0) is 11.4 Å². The number of thiophene rings is 1. The van der Waals surface area contributed by atoms with Gasteiger partial charge in [0.05, 0.1) is 12.8 Å². The summed E-state index contributed by atoms with van der Waals surface area (Å²) in [7, 11) is 1.82. The predicted octanol–water partition coefficient (Wildman–Crippen LogP) is 1.69. The third-order valence-corrected chi connectivity index (χ3v) is 2.92. The summed E-state index contributed by atoms with van der Waals surface area (Å²) in [6.45, 7) is 0.613. The summed E-state index contributed by atoms with van der Waals surface area (Å²) >= 11 is 1.73. The van der Waals surface area contributed by atoms with Crippen LogP contribution in [0.25, 0.3) is 0 Å². The number of nitrogen functional groups attached to an aromatic ring is 1. The zero-order chi connectivity index (χ0) is 10.7. The predicted molar refractivity (Wildman–Crippen MR) is 61.1 cm³/mol. The molecule has 2 aromatic heterocycles. The van der Waals surface area contributed by atoms with E-state index in [-0.39, 0.29) is 0 Å². The van der Waals surface area contributed by atoms with Gasteiger partial charge in [-0.3, -0.25) is 4.68 Å². The van der Waals surface area contributed by atoms with Crippen molar-refractivity contribution < 1.29 is 4.74 Å². The molecule has 2 rings (SSSR count). The van der Waals surface area contributed by atoms with Gasteiger partial charge in [-0.25, -0.2) is 0 Å². The van der Waals surface area contributed by atoms with Crippen LogP contribution in [0.15, 0.2) is 23.7 Å². The van der Waals surface area contributed by atoms with Crippen molar-refractivity contribution >= 4 is 17.0 Å². The van der Waals surface area contributed by atoms with Gasteiger partial charge in [-0.2, -0.15) is 0 Å². The highest BCUT2D eigenvalue weighted by Crippen LogP contribution is 2.17. The van der Waals surface area contributed by atoms with Crippen molar-refractivity contribution in [2.24, 2.45) is 7.05 Å². The first-order chi connectivity index (χ1) is 7.25. The normalized spacial score (nSPS) is 10.5. The number of hydrogen-bond acceptors (Lipinski definition) is 4. The molecule has 0 atom stereocenters. The van der Waals surface area contributed by atoms with Crippen LogP contribution in [0.5, 0.6) is 5.88 Å². The Labute approximate surface area is 92.3 Å². The van der Waals surface area contributed by atoms with Gasteiger partial charge in [0.1, 0.15) is 5.69 Å². The molecular formula is C10H13N3OS. The number of nitrogens with zero attached hydrogens (tertiary/aromatic N) is 2. The molecule has 15 heavy (non-hydrogen) atoms. The second-order valence-corrected chi connectivity index (χ2v) is 4.27. The molecule has 2 aromatic rings. The van der Waals surface area contributed by atoms with Crippen molar-refractivity contribution in [3.8, 4) is 5.88 Å². The van der Waals surface area contributed by atoms with E-state index in [0.29, 0.717) is 18.2 Å². The Morgan fingerprint density at radius 1 is 1.60 bits per heavy atom. The van der Waals surface area contributed by atoms with E-state index in [0.717, 1.165) is 6.42 Å². The minimum atomic E-state index is 0.522. The molecule has 0 aromatic carbocycles. The standard InChI is InChI=1S/C10H13N3OS/c1-13-7-9(11)10(12-13)14-5-4-8-3-2-6-15-8/h2-3,6-7H,4-5,11H2,1H3. The highest BCUT2D eigenvalue weighted by Gasteiger charge is 2.04. The third-order valence-electron chi connectivity index (χ3n) is 1.99. The Hall–Kier alpha value is -1.49. The molecule has 0 saturated carbocycles. The van der Waals surface area contributed by atoms with Gasteiger partial charge in [-0.1, -0.05) is 6.07 Å². The number of hydrogen-bond donors (Lipinski definition) is 1. The van der Waals surface area contributed by atoms with Crippen LogP contribution in [0, 0.1) is 0 Å². The van der Waals surface area contributed by atoms with E-state index in [9.17, 15) is 0 Å². The number of ether oxygens (including phenoxy) is 1. The van der Waals surface area contributed by atoms with Crippen molar-refractivity contribution in [2.75, 3.05) is 12.3 Å². The second kappa shape index (κ2) is 4.35. The molecule has 0 amide bonds. The molecule has 0 aliphatic carbocycles. The quantitative estimate of drug-likeness (QED) is 0.858. The van der Waals surface area contributed by atoms with Crippen LogP contribution in [-0.2, 0) is 13.5 Å². The molecule has 0 aliphatic rings. The summed E-state index contributed by atoms with van der Waals surface area (Å²) in [6, 6.07) is 4.13. The molecule has 0 bridgehead atoms. The lowest BCUT2D eigenvalue weighted by Gasteiger charge is -2.01. The lowest BCUT2D eigenvalue weighted by Crippen LogP contribution is -2.02. The monoisotopic (exact) mass is 223 g/mol. The van der Waals surface area contributed by atoms with Gasteiger partial charge in [0.15, 0.2) is 0 Å². The SMILES string of the molecule is Cn1cc(N)c(OCCc2cccs2)n1. The van der Waals surface area contributed by atoms with Crippen molar-refractivity contribution in [1.82, 2.24) is 9.78 Å². The van der Waals surface area contributed by atoms with E-state index in [1.807, 2.05) is 13.1 Å². The fraction of sp³-hybridized carbons (Fsp3) is 0.300. The highest BCUT2D eigenvalue weighted by molar-refractivity contribution is 7.09. The molecule has 5 heteroatoms. The molecule has 0 spiro atoms. The molecule has 2 heterocycles. The molecule has 4 nitrogen and oxygen atoms in total. The highest BCUT2D eigenvalue weighted by atomic mass is 32.1. The van der Waals surface area contributed by atoms with E-state index < -0.39 is 0 Å². The van der Waals surface area contributed by atoms with Crippen LogP contribution in [0.3, 0.4) is 0 Å². The van der Waals surface area contributed by atoms with Gasteiger partial charge in [0, 0.05) is 18.3 Å². The maximum atomic E-state index is 5.70. The number of aryl methyl sites for hydroxylation is 1. The topological polar surface area (TPSA) is 53.1 Å². The minimum absolute atomic E-state index is 0.522. The van der Waals surface area contributed by atoms with Crippen LogP contribution < -0.4 is 10.5 Å². The zero-order valence-corrected chi connectivity index (χ0v) is 9.33.